The number of hydrogen-bond donors (Lipinski definition) is 3. The van der Waals surface area contributed by atoms with Gasteiger partial charge in [-0.3, -0.25) is 4.79 Å². The lowest BCUT2D eigenvalue weighted by atomic mass is 9.95. The van der Waals surface area contributed by atoms with Crippen LogP contribution < -0.4 is 0 Å². The third-order valence-electron chi connectivity index (χ3n) is 4.52. The van der Waals surface area contributed by atoms with Gasteiger partial charge in [-0.25, -0.2) is 8.78 Å². The summed E-state index contributed by atoms with van der Waals surface area (Å²) < 4.78 is 28.4. The van der Waals surface area contributed by atoms with Crippen molar-refractivity contribution >= 4 is 17.2 Å². The lowest BCUT2D eigenvalue weighted by Crippen LogP contribution is -2.19. The van der Waals surface area contributed by atoms with Crippen LogP contribution in [0.5, 0.6) is 0 Å². The number of aliphatic hydroxyl groups is 2. The van der Waals surface area contributed by atoms with Gasteiger partial charge in [0.2, 0.25) is 0 Å². The van der Waals surface area contributed by atoms with Crippen LogP contribution in [-0.4, -0.2) is 53.7 Å². The first kappa shape index (κ1) is 22.9. The lowest BCUT2D eigenvalue weighted by Gasteiger charge is -2.15. The molecule has 1 heterocycles. The van der Waals surface area contributed by atoms with E-state index in [4.69, 9.17) is 5.11 Å². The standard InChI is InChI=1S/C22H20F2N4O4/c23-16-5-1-14(2-6-16)22(15-3-7-17(24)8-4-15)20(28-13-25-26-27-28)10-9-18(29)11-19(30)12-21(31)32/h1-10,13,18-19,29-30H,11-12H2,(H,31,32)/t18?,19-/m0/s1. The predicted molar refractivity (Wildman–Crippen MR) is 111 cm³/mol. The van der Waals surface area contributed by atoms with E-state index in [1.165, 1.54) is 47.4 Å². The van der Waals surface area contributed by atoms with Crippen molar-refractivity contribution in [2.24, 2.45) is 0 Å². The number of nitrogens with zero attached hydrogens (tertiary/aromatic N) is 4. The zero-order chi connectivity index (χ0) is 23.1. The molecule has 0 saturated heterocycles. The topological polar surface area (TPSA) is 121 Å². The molecule has 0 fully saturated rings. The molecule has 0 bridgehead atoms. The minimum Gasteiger partial charge on any atom is -0.481 e. The quantitative estimate of drug-likeness (QED) is 0.435. The Morgan fingerprint density at radius 2 is 1.56 bits per heavy atom. The molecule has 0 aliphatic rings. The highest BCUT2D eigenvalue weighted by Crippen LogP contribution is 2.30. The minimum atomic E-state index is -1.23. The molecule has 0 radical (unpaired) electrons. The second-order valence-electron chi connectivity index (χ2n) is 6.94. The van der Waals surface area contributed by atoms with Crippen LogP contribution in [0.4, 0.5) is 8.78 Å². The molecule has 2 aromatic carbocycles. The van der Waals surface area contributed by atoms with Gasteiger partial charge in [-0.15, -0.1) is 5.10 Å². The van der Waals surface area contributed by atoms with Crippen molar-refractivity contribution in [1.29, 1.82) is 0 Å². The predicted octanol–water partition coefficient (Wildman–Crippen LogP) is 2.51. The maximum atomic E-state index is 13.5. The van der Waals surface area contributed by atoms with Crippen molar-refractivity contribution < 1.29 is 28.9 Å². The number of carboxylic acids is 1. The van der Waals surface area contributed by atoms with E-state index in [0.717, 1.165) is 0 Å². The number of allylic oxidation sites excluding steroid dienone is 2. The number of aromatic nitrogens is 4. The maximum Gasteiger partial charge on any atom is 0.305 e. The van der Waals surface area contributed by atoms with Crippen LogP contribution in [0.1, 0.15) is 24.0 Å². The van der Waals surface area contributed by atoms with Crippen molar-refractivity contribution in [3.63, 3.8) is 0 Å². The SMILES string of the molecule is O=C(O)C[C@@H](O)CC(O)C=CC(=C(c1ccc(F)cc1)c1ccc(F)cc1)n1cnnn1. The highest BCUT2D eigenvalue weighted by atomic mass is 19.1. The fourth-order valence-corrected chi connectivity index (χ4v) is 3.09. The summed E-state index contributed by atoms with van der Waals surface area (Å²) >= 11 is 0. The van der Waals surface area contributed by atoms with Gasteiger partial charge in [-0.2, -0.15) is 4.68 Å². The van der Waals surface area contributed by atoms with Crippen LogP contribution in [0.25, 0.3) is 11.3 Å². The summed E-state index contributed by atoms with van der Waals surface area (Å²) in [7, 11) is 0. The molecule has 0 spiro atoms. The molecule has 32 heavy (non-hydrogen) atoms. The van der Waals surface area contributed by atoms with Gasteiger partial charge in [0, 0.05) is 12.0 Å². The average molecular weight is 442 g/mol. The van der Waals surface area contributed by atoms with Crippen LogP contribution in [-0.2, 0) is 4.79 Å². The molecule has 3 rings (SSSR count). The first-order chi connectivity index (χ1) is 15.3. The molecule has 0 aliphatic heterocycles. The number of carboxylic acid groups (broad SMARTS) is 1. The summed E-state index contributed by atoms with van der Waals surface area (Å²) in [5, 5.41) is 39.9. The Balaban J connectivity index is 2.08. The van der Waals surface area contributed by atoms with Crippen LogP contribution in [0.15, 0.2) is 67.0 Å². The Hall–Kier alpha value is -3.76. The highest BCUT2D eigenvalue weighted by molar-refractivity contribution is 5.96. The van der Waals surface area contributed by atoms with E-state index in [-0.39, 0.29) is 6.42 Å². The van der Waals surface area contributed by atoms with E-state index in [1.807, 2.05) is 0 Å². The van der Waals surface area contributed by atoms with Gasteiger partial charge in [0.15, 0.2) is 0 Å². The Morgan fingerprint density at radius 3 is 2.03 bits per heavy atom. The number of tetrazole rings is 1. The summed E-state index contributed by atoms with van der Waals surface area (Å²) in [6, 6.07) is 11.3. The van der Waals surface area contributed by atoms with Gasteiger partial charge in [0.05, 0.1) is 24.3 Å². The Labute approximate surface area is 181 Å². The second kappa shape index (κ2) is 10.5. The minimum absolute atomic E-state index is 0.200. The van der Waals surface area contributed by atoms with E-state index in [1.54, 1.807) is 24.3 Å². The molecule has 0 amide bonds. The van der Waals surface area contributed by atoms with Crippen LogP contribution in [0.3, 0.4) is 0 Å². The molecule has 166 valence electrons. The first-order valence-electron chi connectivity index (χ1n) is 9.59. The second-order valence-corrected chi connectivity index (χ2v) is 6.94. The van der Waals surface area contributed by atoms with Crippen LogP contribution in [0.2, 0.25) is 0 Å². The first-order valence-corrected chi connectivity index (χ1v) is 9.59. The van der Waals surface area contributed by atoms with Gasteiger partial charge in [-0.05, 0) is 51.9 Å². The number of aliphatic hydroxyl groups excluding tert-OH is 2. The third kappa shape index (κ3) is 6.13. The molecular formula is C22H20F2N4O4. The maximum absolute atomic E-state index is 13.5. The zero-order valence-electron chi connectivity index (χ0n) is 16.7. The van der Waals surface area contributed by atoms with Gasteiger partial charge < -0.3 is 15.3 Å². The summed E-state index contributed by atoms with van der Waals surface area (Å²) in [5.41, 5.74) is 2.05. The smallest absolute Gasteiger partial charge is 0.305 e. The summed E-state index contributed by atoms with van der Waals surface area (Å²) in [5.74, 6) is -2.05. The molecule has 3 N–H and O–H groups in total. The summed E-state index contributed by atoms with van der Waals surface area (Å²) in [4.78, 5) is 10.7. The van der Waals surface area contributed by atoms with Crippen molar-refractivity contribution in [2.45, 2.75) is 25.0 Å². The summed E-state index contributed by atoms with van der Waals surface area (Å²) in [6.07, 6.45) is 1.06. The molecule has 2 atom stereocenters. The van der Waals surface area contributed by atoms with Crippen molar-refractivity contribution in [3.05, 3.63) is 89.8 Å². The van der Waals surface area contributed by atoms with E-state index in [9.17, 15) is 23.8 Å². The molecule has 0 saturated carbocycles. The average Bonchev–Trinajstić information content (AvgIpc) is 3.27. The lowest BCUT2D eigenvalue weighted by molar-refractivity contribution is -0.139. The fraction of sp³-hybridized carbons (Fsp3) is 0.182. The van der Waals surface area contributed by atoms with Crippen LogP contribution in [0, 0.1) is 11.6 Å². The largest absolute Gasteiger partial charge is 0.481 e. The number of benzene rings is 2. The van der Waals surface area contributed by atoms with Crippen LogP contribution >= 0.6 is 0 Å². The van der Waals surface area contributed by atoms with E-state index in [2.05, 4.69) is 15.5 Å². The number of rotatable bonds is 9. The molecule has 10 heteroatoms. The monoisotopic (exact) mass is 442 g/mol. The molecule has 3 aromatic rings. The zero-order valence-corrected chi connectivity index (χ0v) is 16.7. The Bertz CT molecular complexity index is 1050. The molecule has 1 unspecified atom stereocenters. The molecule has 8 nitrogen and oxygen atoms in total. The van der Waals surface area contributed by atoms with Gasteiger partial charge in [0.25, 0.3) is 0 Å². The van der Waals surface area contributed by atoms with Crippen molar-refractivity contribution in [1.82, 2.24) is 20.2 Å². The normalized spacial score (nSPS) is 13.1. The fourth-order valence-electron chi connectivity index (χ4n) is 3.09. The number of aliphatic carboxylic acids is 1. The van der Waals surface area contributed by atoms with Gasteiger partial charge in [0.1, 0.15) is 18.0 Å². The van der Waals surface area contributed by atoms with E-state index >= 15 is 0 Å². The van der Waals surface area contributed by atoms with Gasteiger partial charge in [-0.1, -0.05) is 30.3 Å². The third-order valence-corrected chi connectivity index (χ3v) is 4.52. The van der Waals surface area contributed by atoms with Crippen molar-refractivity contribution in [2.75, 3.05) is 0 Å². The number of halogens is 2. The summed E-state index contributed by atoms with van der Waals surface area (Å²) in [6.45, 7) is 0. The van der Waals surface area contributed by atoms with E-state index in [0.29, 0.717) is 22.4 Å². The Kier molecular flexibility index (Phi) is 7.53. The Morgan fingerprint density at radius 1 is 1.00 bits per heavy atom. The number of carbonyl (C=O) groups is 1. The van der Waals surface area contributed by atoms with E-state index < -0.39 is 36.2 Å². The highest BCUT2D eigenvalue weighted by Gasteiger charge is 2.16. The van der Waals surface area contributed by atoms with Crippen molar-refractivity contribution in [3.8, 4) is 0 Å². The number of hydrogen-bond acceptors (Lipinski definition) is 6. The van der Waals surface area contributed by atoms with Gasteiger partial charge >= 0.3 is 5.97 Å². The molecular weight excluding hydrogens is 422 g/mol. The molecule has 1 aromatic heterocycles. The molecule has 0 aliphatic carbocycles.